The number of fused-ring (bicyclic) bond motifs is 1. The molecule has 0 aliphatic carbocycles. The number of nitrogens with zero attached hydrogens (tertiary/aromatic N) is 2. The van der Waals surface area contributed by atoms with Crippen molar-refractivity contribution in [2.24, 2.45) is 0 Å². The summed E-state index contributed by atoms with van der Waals surface area (Å²) in [4.78, 5) is 4.59. The molecular weight excluding hydrogens is 339 g/mol. The Bertz CT molecular complexity index is 1060. The van der Waals surface area contributed by atoms with Gasteiger partial charge in [-0.1, -0.05) is 41.9 Å². The summed E-state index contributed by atoms with van der Waals surface area (Å²) in [6, 6.07) is 16.2. The molecule has 0 aliphatic rings. The number of aliphatic hydroxyl groups is 1. The van der Waals surface area contributed by atoms with Crippen molar-refractivity contribution in [2.45, 2.75) is 6.61 Å². The second kappa shape index (κ2) is 6.31. The minimum Gasteiger partial charge on any atom is -0.392 e. The van der Waals surface area contributed by atoms with Gasteiger partial charge >= 0.3 is 0 Å². The van der Waals surface area contributed by atoms with Crippen LogP contribution in [0.4, 0.5) is 4.39 Å². The van der Waals surface area contributed by atoms with E-state index in [1.807, 2.05) is 53.2 Å². The summed E-state index contributed by atoms with van der Waals surface area (Å²) in [7, 11) is 0. The van der Waals surface area contributed by atoms with E-state index in [4.69, 9.17) is 11.6 Å². The molecule has 4 rings (SSSR count). The molecule has 0 saturated carbocycles. The first-order valence-electron chi connectivity index (χ1n) is 7.79. The largest absolute Gasteiger partial charge is 0.392 e. The number of aromatic nitrogens is 2. The molecule has 124 valence electrons. The topological polar surface area (TPSA) is 37.5 Å². The summed E-state index contributed by atoms with van der Waals surface area (Å²) in [5.74, 6) is -0.401. The fraction of sp³-hybridized carbons (Fsp3) is 0.0500. The second-order valence-electron chi connectivity index (χ2n) is 5.75. The number of rotatable bonds is 3. The van der Waals surface area contributed by atoms with Crippen LogP contribution in [0.3, 0.4) is 0 Å². The smallest absolute Gasteiger partial charge is 0.137 e. The van der Waals surface area contributed by atoms with E-state index in [9.17, 15) is 9.50 Å². The lowest BCUT2D eigenvalue weighted by atomic mass is 10.0. The normalized spacial score (nSPS) is 11.2. The Kier molecular flexibility index (Phi) is 3.99. The Labute approximate surface area is 149 Å². The van der Waals surface area contributed by atoms with Gasteiger partial charge in [0.2, 0.25) is 0 Å². The van der Waals surface area contributed by atoms with Crippen molar-refractivity contribution in [3.8, 4) is 22.4 Å². The molecular formula is C20H14ClFN2O. The molecule has 2 heterocycles. The molecule has 5 heteroatoms. The lowest BCUT2D eigenvalue weighted by molar-refractivity contribution is 0.276. The molecule has 25 heavy (non-hydrogen) atoms. The van der Waals surface area contributed by atoms with Gasteiger partial charge in [-0.25, -0.2) is 9.37 Å². The molecule has 0 unspecified atom stereocenters. The fourth-order valence-electron chi connectivity index (χ4n) is 2.84. The van der Waals surface area contributed by atoms with Crippen molar-refractivity contribution in [3.63, 3.8) is 0 Å². The molecule has 2 aromatic carbocycles. The second-order valence-corrected chi connectivity index (χ2v) is 6.19. The van der Waals surface area contributed by atoms with Crippen LogP contribution >= 0.6 is 11.6 Å². The lowest BCUT2D eigenvalue weighted by Crippen LogP contribution is -1.94. The highest BCUT2D eigenvalue weighted by atomic mass is 35.5. The Balaban J connectivity index is 1.80. The summed E-state index contributed by atoms with van der Waals surface area (Å²) in [6.45, 7) is -0.326. The van der Waals surface area contributed by atoms with Gasteiger partial charge in [0.1, 0.15) is 11.5 Å². The number of hydrogen-bond acceptors (Lipinski definition) is 2. The van der Waals surface area contributed by atoms with Crippen LogP contribution in [-0.4, -0.2) is 14.5 Å². The third-order valence-electron chi connectivity index (χ3n) is 4.15. The first kappa shape index (κ1) is 15.8. The summed E-state index contributed by atoms with van der Waals surface area (Å²) < 4.78 is 16.3. The van der Waals surface area contributed by atoms with E-state index in [1.54, 1.807) is 18.2 Å². The Morgan fingerprint density at radius 1 is 0.960 bits per heavy atom. The summed E-state index contributed by atoms with van der Waals surface area (Å²) >= 11 is 5.93. The molecule has 0 radical (unpaired) electrons. The Morgan fingerprint density at radius 2 is 1.72 bits per heavy atom. The molecule has 0 bridgehead atoms. The van der Waals surface area contributed by atoms with Gasteiger partial charge in [0, 0.05) is 39.7 Å². The van der Waals surface area contributed by atoms with Gasteiger partial charge in [0.05, 0.1) is 12.3 Å². The van der Waals surface area contributed by atoms with E-state index < -0.39 is 5.82 Å². The van der Waals surface area contributed by atoms with Crippen molar-refractivity contribution < 1.29 is 9.50 Å². The molecule has 0 atom stereocenters. The van der Waals surface area contributed by atoms with E-state index in [0.29, 0.717) is 10.6 Å². The van der Waals surface area contributed by atoms with Gasteiger partial charge in [0.25, 0.3) is 0 Å². The van der Waals surface area contributed by atoms with Gasteiger partial charge in [-0.05, 0) is 24.3 Å². The van der Waals surface area contributed by atoms with Gasteiger partial charge in [-0.2, -0.15) is 0 Å². The van der Waals surface area contributed by atoms with Crippen LogP contribution in [0.15, 0.2) is 67.0 Å². The Morgan fingerprint density at radius 3 is 2.48 bits per heavy atom. The van der Waals surface area contributed by atoms with Crippen LogP contribution in [0.1, 0.15) is 5.56 Å². The van der Waals surface area contributed by atoms with Crippen LogP contribution in [0.25, 0.3) is 28.0 Å². The number of hydrogen-bond donors (Lipinski definition) is 1. The van der Waals surface area contributed by atoms with Gasteiger partial charge < -0.3 is 9.51 Å². The quantitative estimate of drug-likeness (QED) is 0.566. The van der Waals surface area contributed by atoms with Gasteiger partial charge in [-0.3, -0.25) is 0 Å². The van der Waals surface area contributed by atoms with E-state index in [0.717, 1.165) is 22.5 Å². The van der Waals surface area contributed by atoms with E-state index in [2.05, 4.69) is 4.98 Å². The third-order valence-corrected chi connectivity index (χ3v) is 4.40. The molecule has 0 fully saturated rings. The minimum absolute atomic E-state index is 0.282. The van der Waals surface area contributed by atoms with Crippen LogP contribution in [0.2, 0.25) is 5.02 Å². The summed E-state index contributed by atoms with van der Waals surface area (Å²) in [6.07, 6.45) is 3.73. The maximum atomic E-state index is 14.5. The summed E-state index contributed by atoms with van der Waals surface area (Å²) in [5.41, 5.74) is 4.01. The lowest BCUT2D eigenvalue weighted by Gasteiger charge is -2.07. The average Bonchev–Trinajstić information content (AvgIpc) is 3.05. The van der Waals surface area contributed by atoms with Crippen molar-refractivity contribution in [3.05, 3.63) is 83.4 Å². The minimum atomic E-state index is -0.401. The van der Waals surface area contributed by atoms with Crippen molar-refractivity contribution >= 4 is 17.2 Å². The third kappa shape index (κ3) is 2.90. The Hall–Kier alpha value is -2.69. The maximum absolute atomic E-state index is 14.5. The predicted octanol–water partition coefficient (Wildman–Crippen LogP) is 4.95. The standard InChI is InChI=1S/C20H14ClFN2O/c21-16-7-4-13(5-8-16)18-11-24-10-14(6-9-19(24)23-18)17-3-1-2-15(12-25)20(17)22/h1-11,25H,12H2. The van der Waals surface area contributed by atoms with Crippen molar-refractivity contribution in [1.29, 1.82) is 0 Å². The van der Waals surface area contributed by atoms with Gasteiger partial charge in [0.15, 0.2) is 0 Å². The van der Waals surface area contributed by atoms with E-state index in [-0.39, 0.29) is 12.2 Å². The monoisotopic (exact) mass is 352 g/mol. The highest BCUT2D eigenvalue weighted by Gasteiger charge is 2.11. The number of pyridine rings is 1. The number of benzene rings is 2. The molecule has 0 aliphatic heterocycles. The highest BCUT2D eigenvalue weighted by Crippen LogP contribution is 2.27. The highest BCUT2D eigenvalue weighted by molar-refractivity contribution is 6.30. The predicted molar refractivity (Wildman–Crippen MR) is 97.0 cm³/mol. The van der Waals surface area contributed by atoms with Crippen LogP contribution in [0, 0.1) is 5.82 Å². The molecule has 4 aromatic rings. The number of halogens is 2. The molecule has 3 nitrogen and oxygen atoms in total. The molecule has 1 N–H and O–H groups in total. The van der Waals surface area contributed by atoms with E-state index >= 15 is 0 Å². The molecule has 0 spiro atoms. The maximum Gasteiger partial charge on any atom is 0.137 e. The van der Waals surface area contributed by atoms with Crippen LogP contribution in [-0.2, 0) is 6.61 Å². The zero-order valence-electron chi connectivity index (χ0n) is 13.2. The fourth-order valence-corrected chi connectivity index (χ4v) is 2.96. The number of aliphatic hydroxyl groups excluding tert-OH is 1. The average molecular weight is 353 g/mol. The first-order valence-corrected chi connectivity index (χ1v) is 8.17. The first-order chi connectivity index (χ1) is 12.2. The van der Waals surface area contributed by atoms with E-state index in [1.165, 1.54) is 0 Å². The molecule has 2 aromatic heterocycles. The summed E-state index contributed by atoms with van der Waals surface area (Å²) in [5, 5.41) is 9.92. The van der Waals surface area contributed by atoms with Gasteiger partial charge in [-0.15, -0.1) is 0 Å². The van der Waals surface area contributed by atoms with Crippen molar-refractivity contribution in [2.75, 3.05) is 0 Å². The molecule has 0 amide bonds. The van der Waals surface area contributed by atoms with Crippen LogP contribution < -0.4 is 0 Å². The molecule has 0 saturated heterocycles. The van der Waals surface area contributed by atoms with Crippen molar-refractivity contribution in [1.82, 2.24) is 9.38 Å². The zero-order chi connectivity index (χ0) is 17.4. The zero-order valence-corrected chi connectivity index (χ0v) is 13.9. The SMILES string of the molecule is OCc1cccc(-c2ccc3nc(-c4ccc(Cl)cc4)cn3c2)c1F. The van der Waals surface area contributed by atoms with Crippen LogP contribution in [0.5, 0.6) is 0 Å². The number of imidazole rings is 1.